The van der Waals surface area contributed by atoms with Gasteiger partial charge in [0, 0.05) is 5.02 Å². The molecule has 0 saturated carbocycles. The van der Waals surface area contributed by atoms with Crippen LogP contribution in [0.5, 0.6) is 0 Å². The lowest BCUT2D eigenvalue weighted by molar-refractivity contribution is 0.494. The molecule has 0 aliphatic heterocycles. The highest BCUT2D eigenvalue weighted by atomic mass is 35.5. The van der Waals surface area contributed by atoms with Crippen LogP contribution in [-0.2, 0) is 16.6 Å². The predicted molar refractivity (Wildman–Crippen MR) is 103 cm³/mol. The van der Waals surface area contributed by atoms with Crippen LogP contribution in [0.1, 0.15) is 17.1 Å². The fourth-order valence-corrected chi connectivity index (χ4v) is 3.31. The average Bonchev–Trinajstić information content (AvgIpc) is 3.08. The van der Waals surface area contributed by atoms with E-state index in [9.17, 15) is 8.42 Å². The van der Waals surface area contributed by atoms with Crippen LogP contribution in [0.3, 0.4) is 0 Å². The highest BCUT2D eigenvalue weighted by Crippen LogP contribution is 2.17. The fraction of sp³-hybridized carbons (Fsp3) is 0.105. The van der Waals surface area contributed by atoms with Crippen molar-refractivity contribution in [3.8, 4) is 0 Å². The van der Waals surface area contributed by atoms with Gasteiger partial charge in [0.2, 0.25) is 10.0 Å². The zero-order valence-corrected chi connectivity index (χ0v) is 15.6. The Bertz CT molecular complexity index is 1010. The molecule has 0 bridgehead atoms. The third-order valence-electron chi connectivity index (χ3n) is 3.62. The fourth-order valence-electron chi connectivity index (χ4n) is 2.19. The molecular formula is C19H17ClN2O3S. The van der Waals surface area contributed by atoms with Crippen molar-refractivity contribution in [2.24, 2.45) is 4.99 Å². The molecule has 0 amide bonds. The van der Waals surface area contributed by atoms with Gasteiger partial charge in [0.05, 0.1) is 23.3 Å². The monoisotopic (exact) mass is 388 g/mol. The summed E-state index contributed by atoms with van der Waals surface area (Å²) in [5.74, 6) is 1.03. The molecule has 1 aromatic heterocycles. The summed E-state index contributed by atoms with van der Waals surface area (Å²) in [4.78, 5) is 4.50. The first-order valence-electron chi connectivity index (χ1n) is 7.87. The molecule has 0 atom stereocenters. The number of furan rings is 1. The molecule has 3 rings (SSSR count). The molecule has 0 spiro atoms. The van der Waals surface area contributed by atoms with E-state index in [0.29, 0.717) is 16.5 Å². The van der Waals surface area contributed by atoms with E-state index in [1.54, 1.807) is 66.9 Å². The quantitative estimate of drug-likeness (QED) is 0.633. The lowest BCUT2D eigenvalue weighted by atomic mass is 10.2. The van der Waals surface area contributed by atoms with Gasteiger partial charge in [0.1, 0.15) is 11.5 Å². The number of nitrogens with one attached hydrogen (secondary N) is 1. The molecule has 1 N–H and O–H groups in total. The maximum absolute atomic E-state index is 12.3. The van der Waals surface area contributed by atoms with E-state index in [1.807, 2.05) is 6.92 Å². The van der Waals surface area contributed by atoms with Gasteiger partial charge in [-0.2, -0.15) is 0 Å². The van der Waals surface area contributed by atoms with Crippen molar-refractivity contribution in [1.29, 1.82) is 0 Å². The predicted octanol–water partition coefficient (Wildman–Crippen LogP) is 4.47. The van der Waals surface area contributed by atoms with Crippen molar-refractivity contribution in [2.75, 3.05) is 0 Å². The van der Waals surface area contributed by atoms with E-state index in [-0.39, 0.29) is 11.4 Å². The standard InChI is InChI=1S/C19H17ClN2O3S/c1-14-2-10-19(11-3-14)26(23,24)22-13-18-9-8-17(25-18)12-21-16-6-4-15(20)5-7-16/h2-12,22H,13H2,1H3. The average molecular weight is 389 g/mol. The molecule has 3 aromatic rings. The maximum Gasteiger partial charge on any atom is 0.240 e. The molecule has 134 valence electrons. The van der Waals surface area contributed by atoms with Gasteiger partial charge in [-0.3, -0.25) is 4.99 Å². The molecule has 1 heterocycles. The molecule has 7 heteroatoms. The summed E-state index contributed by atoms with van der Waals surface area (Å²) in [5.41, 5.74) is 1.74. The van der Waals surface area contributed by atoms with E-state index >= 15 is 0 Å². The van der Waals surface area contributed by atoms with Crippen LogP contribution in [-0.4, -0.2) is 14.6 Å². The minimum atomic E-state index is -3.58. The normalized spacial score (nSPS) is 11.9. The largest absolute Gasteiger partial charge is 0.459 e. The van der Waals surface area contributed by atoms with Gasteiger partial charge in [0.25, 0.3) is 0 Å². The second-order valence-corrected chi connectivity index (χ2v) is 7.88. The summed E-state index contributed by atoms with van der Waals surface area (Å²) in [6.45, 7) is 1.96. The Kier molecular flexibility index (Phi) is 5.56. The van der Waals surface area contributed by atoms with Crippen LogP contribution in [0.2, 0.25) is 5.02 Å². The van der Waals surface area contributed by atoms with Gasteiger partial charge in [-0.25, -0.2) is 13.1 Å². The highest BCUT2D eigenvalue weighted by molar-refractivity contribution is 7.89. The summed E-state index contributed by atoms with van der Waals surface area (Å²) in [5, 5.41) is 0.644. The first-order chi connectivity index (χ1) is 12.4. The number of nitrogens with zero attached hydrogens (tertiary/aromatic N) is 1. The molecule has 2 aromatic carbocycles. The number of aryl methyl sites for hydroxylation is 1. The molecule has 0 radical (unpaired) electrons. The van der Waals surface area contributed by atoms with Crippen molar-refractivity contribution >= 4 is 33.5 Å². The first-order valence-corrected chi connectivity index (χ1v) is 9.73. The smallest absolute Gasteiger partial charge is 0.240 e. The Morgan fingerprint density at radius 3 is 2.42 bits per heavy atom. The molecule has 26 heavy (non-hydrogen) atoms. The molecule has 0 aliphatic rings. The number of sulfonamides is 1. The van der Waals surface area contributed by atoms with E-state index in [0.717, 1.165) is 11.3 Å². The van der Waals surface area contributed by atoms with Gasteiger partial charge in [0.15, 0.2) is 0 Å². The molecular weight excluding hydrogens is 372 g/mol. The summed E-state index contributed by atoms with van der Waals surface area (Å²) in [6, 6.07) is 17.2. The zero-order chi connectivity index (χ0) is 18.6. The Labute approximate surface area is 157 Å². The Balaban J connectivity index is 1.63. The van der Waals surface area contributed by atoms with Crippen molar-refractivity contribution in [2.45, 2.75) is 18.4 Å². The second kappa shape index (κ2) is 7.86. The maximum atomic E-state index is 12.3. The van der Waals surface area contributed by atoms with Crippen molar-refractivity contribution in [1.82, 2.24) is 4.72 Å². The lowest BCUT2D eigenvalue weighted by Crippen LogP contribution is -2.22. The molecule has 0 unspecified atom stereocenters. The Morgan fingerprint density at radius 1 is 1.04 bits per heavy atom. The van der Waals surface area contributed by atoms with Crippen molar-refractivity contribution in [3.63, 3.8) is 0 Å². The van der Waals surface area contributed by atoms with Gasteiger partial charge in [-0.15, -0.1) is 0 Å². The van der Waals surface area contributed by atoms with Crippen LogP contribution >= 0.6 is 11.6 Å². The Morgan fingerprint density at radius 2 is 1.73 bits per heavy atom. The Hall–Kier alpha value is -2.41. The lowest BCUT2D eigenvalue weighted by Gasteiger charge is -2.05. The first kappa shape index (κ1) is 18.4. The molecule has 0 saturated heterocycles. The highest BCUT2D eigenvalue weighted by Gasteiger charge is 2.14. The third-order valence-corrected chi connectivity index (χ3v) is 5.29. The molecule has 0 aliphatic carbocycles. The van der Waals surface area contributed by atoms with Gasteiger partial charge >= 0.3 is 0 Å². The number of halogens is 1. The summed E-state index contributed by atoms with van der Waals surface area (Å²) in [6.07, 6.45) is 1.57. The van der Waals surface area contributed by atoms with Gasteiger partial charge in [-0.05, 0) is 55.5 Å². The van der Waals surface area contributed by atoms with E-state index in [1.165, 1.54) is 0 Å². The van der Waals surface area contributed by atoms with Gasteiger partial charge in [-0.1, -0.05) is 29.3 Å². The summed E-state index contributed by atoms with van der Waals surface area (Å²) >= 11 is 5.83. The van der Waals surface area contributed by atoms with E-state index in [2.05, 4.69) is 9.71 Å². The second-order valence-electron chi connectivity index (χ2n) is 5.68. The number of hydrogen-bond donors (Lipinski definition) is 1. The summed E-state index contributed by atoms with van der Waals surface area (Å²) < 4.78 is 32.6. The van der Waals surface area contributed by atoms with Gasteiger partial charge < -0.3 is 4.42 Å². The topological polar surface area (TPSA) is 71.7 Å². The van der Waals surface area contributed by atoms with Crippen LogP contribution in [0.4, 0.5) is 5.69 Å². The molecule has 0 fully saturated rings. The number of rotatable bonds is 6. The SMILES string of the molecule is Cc1ccc(S(=O)(=O)NCc2ccc(C=Nc3ccc(Cl)cc3)o2)cc1. The minimum absolute atomic E-state index is 0.0605. The van der Waals surface area contributed by atoms with Crippen molar-refractivity contribution in [3.05, 3.63) is 82.8 Å². The van der Waals surface area contributed by atoms with E-state index in [4.69, 9.17) is 16.0 Å². The van der Waals surface area contributed by atoms with Crippen LogP contribution in [0, 0.1) is 6.92 Å². The van der Waals surface area contributed by atoms with Crippen molar-refractivity contribution < 1.29 is 12.8 Å². The zero-order valence-electron chi connectivity index (χ0n) is 14.0. The third kappa shape index (κ3) is 4.82. The number of benzene rings is 2. The van der Waals surface area contributed by atoms with E-state index < -0.39 is 10.0 Å². The molecule has 5 nitrogen and oxygen atoms in total. The van der Waals surface area contributed by atoms with Crippen LogP contribution in [0.25, 0.3) is 0 Å². The summed E-state index contributed by atoms with van der Waals surface area (Å²) in [7, 11) is -3.58. The van der Waals surface area contributed by atoms with Crippen LogP contribution in [0.15, 0.2) is 75.0 Å². The number of hydrogen-bond acceptors (Lipinski definition) is 4. The number of aliphatic imine (C=N–C) groups is 1. The minimum Gasteiger partial charge on any atom is -0.459 e. The van der Waals surface area contributed by atoms with Crippen LogP contribution < -0.4 is 4.72 Å².